The van der Waals surface area contributed by atoms with E-state index in [1.165, 1.54) is 27.4 Å². The molecule has 0 saturated heterocycles. The standard InChI is InChI=1S/C28H30P2S/c1-29(2)23-24-31-30(25-15-7-3-8-16-25,26-17-9-4-10-18-26,27-19-11-5-12-20-27)28-21-13-6-14-22-28/h3-22H,23-24H2,1-2H3. The third kappa shape index (κ3) is 3.89. The Balaban J connectivity index is 2.18. The van der Waals surface area contributed by atoms with E-state index >= 15 is 0 Å². The van der Waals surface area contributed by atoms with E-state index in [4.69, 9.17) is 0 Å². The molecule has 0 aliphatic heterocycles. The quantitative estimate of drug-likeness (QED) is 0.281. The van der Waals surface area contributed by atoms with Crippen molar-refractivity contribution >= 4 is 46.3 Å². The summed E-state index contributed by atoms with van der Waals surface area (Å²) in [5, 5.41) is 5.72. The van der Waals surface area contributed by atoms with E-state index in [0.717, 1.165) is 5.75 Å². The monoisotopic (exact) mass is 460 g/mol. The number of hydrogen-bond donors (Lipinski definition) is 0. The second kappa shape index (κ2) is 9.70. The maximum absolute atomic E-state index is 3.02. The maximum atomic E-state index is 2.39. The van der Waals surface area contributed by atoms with Crippen molar-refractivity contribution in [3.8, 4) is 0 Å². The Bertz CT molecular complexity index is 911. The van der Waals surface area contributed by atoms with Gasteiger partial charge in [-0.25, -0.2) is 0 Å². The van der Waals surface area contributed by atoms with Crippen LogP contribution in [0.2, 0.25) is 0 Å². The fraction of sp³-hybridized carbons (Fsp3) is 0.143. The Hall–Kier alpha value is -1.91. The first-order valence-electron chi connectivity index (χ1n) is 10.7. The van der Waals surface area contributed by atoms with Crippen LogP contribution in [0.3, 0.4) is 0 Å². The molecule has 0 aromatic heterocycles. The van der Waals surface area contributed by atoms with Crippen LogP contribution in [-0.2, 0) is 0 Å². The summed E-state index contributed by atoms with van der Waals surface area (Å²) in [5.74, 6) is -1.87. The van der Waals surface area contributed by atoms with E-state index in [2.05, 4.69) is 146 Å². The zero-order chi connectivity index (χ0) is 21.6. The molecule has 0 saturated carbocycles. The third-order valence-electron chi connectivity index (χ3n) is 5.88. The first-order valence-corrected chi connectivity index (χ1v) is 17.0. The summed E-state index contributed by atoms with van der Waals surface area (Å²) < 4.78 is 0. The molecule has 0 fully saturated rings. The van der Waals surface area contributed by atoms with Crippen LogP contribution in [0.4, 0.5) is 0 Å². The summed E-state index contributed by atoms with van der Waals surface area (Å²) in [4.78, 5) is 0. The van der Waals surface area contributed by atoms with E-state index in [1.807, 2.05) is 0 Å². The Morgan fingerprint density at radius 3 is 1.06 bits per heavy atom. The van der Waals surface area contributed by atoms with Gasteiger partial charge in [0, 0.05) is 0 Å². The second-order valence-corrected chi connectivity index (χ2v) is 18.4. The molecular weight excluding hydrogens is 430 g/mol. The molecule has 0 aliphatic carbocycles. The van der Waals surface area contributed by atoms with Crippen LogP contribution < -0.4 is 21.2 Å². The predicted octanol–water partition coefficient (Wildman–Crippen LogP) is 6.23. The van der Waals surface area contributed by atoms with E-state index in [9.17, 15) is 0 Å². The molecule has 4 aromatic rings. The van der Waals surface area contributed by atoms with Gasteiger partial charge in [0.1, 0.15) is 0 Å². The first-order chi connectivity index (χ1) is 15.2. The average Bonchev–Trinajstić information content (AvgIpc) is 2.84. The number of hydrogen-bond acceptors (Lipinski definition) is 1. The minimum absolute atomic E-state index is 0.0486. The fourth-order valence-corrected chi connectivity index (χ4v) is 17.0. The molecule has 158 valence electrons. The molecule has 0 bridgehead atoms. The molecule has 4 rings (SSSR count). The van der Waals surface area contributed by atoms with Gasteiger partial charge in [0.05, 0.1) is 0 Å². The van der Waals surface area contributed by atoms with Crippen molar-refractivity contribution in [1.29, 1.82) is 0 Å². The third-order valence-corrected chi connectivity index (χ3v) is 18.0. The zero-order valence-corrected chi connectivity index (χ0v) is 20.9. The van der Waals surface area contributed by atoms with Gasteiger partial charge in [-0.1, -0.05) is 0 Å². The van der Waals surface area contributed by atoms with Gasteiger partial charge in [0.2, 0.25) is 0 Å². The van der Waals surface area contributed by atoms with E-state index in [0.29, 0.717) is 0 Å². The molecule has 0 spiro atoms. The van der Waals surface area contributed by atoms with Crippen LogP contribution in [0.1, 0.15) is 0 Å². The van der Waals surface area contributed by atoms with E-state index in [-0.39, 0.29) is 7.92 Å². The molecule has 0 N–H and O–H groups in total. The van der Waals surface area contributed by atoms with Crippen LogP contribution >= 0.6 is 25.1 Å². The minimum atomic E-state index is -3.02. The molecule has 0 atom stereocenters. The summed E-state index contributed by atoms with van der Waals surface area (Å²) in [6, 6.07) is 45.1. The van der Waals surface area contributed by atoms with Crippen LogP contribution in [0.5, 0.6) is 0 Å². The van der Waals surface area contributed by atoms with Gasteiger partial charge in [0.15, 0.2) is 0 Å². The Morgan fingerprint density at radius 2 is 0.806 bits per heavy atom. The number of rotatable bonds is 8. The Labute approximate surface area is 192 Å². The molecule has 0 aliphatic rings. The topological polar surface area (TPSA) is 0 Å². The summed E-state index contributed by atoms with van der Waals surface area (Å²) in [5.41, 5.74) is 0. The molecular formula is C28H30P2S. The molecule has 0 heterocycles. The summed E-state index contributed by atoms with van der Waals surface area (Å²) in [7, 11) is 0.0486. The van der Waals surface area contributed by atoms with Crippen molar-refractivity contribution in [3.63, 3.8) is 0 Å². The van der Waals surface area contributed by atoms with Gasteiger partial charge in [-0.2, -0.15) is 0 Å². The summed E-state index contributed by atoms with van der Waals surface area (Å²) >= 11 is 2.20. The van der Waals surface area contributed by atoms with Crippen molar-refractivity contribution in [2.24, 2.45) is 0 Å². The average molecular weight is 461 g/mol. The molecule has 0 amide bonds. The van der Waals surface area contributed by atoms with Gasteiger partial charge in [-0.3, -0.25) is 0 Å². The van der Waals surface area contributed by atoms with Crippen LogP contribution in [0, 0.1) is 0 Å². The molecule has 3 heteroatoms. The van der Waals surface area contributed by atoms with Crippen molar-refractivity contribution < 1.29 is 0 Å². The molecule has 0 radical (unpaired) electrons. The van der Waals surface area contributed by atoms with Crippen LogP contribution in [0.25, 0.3) is 0 Å². The normalized spacial score (nSPS) is 12.9. The van der Waals surface area contributed by atoms with Crippen molar-refractivity contribution in [1.82, 2.24) is 0 Å². The Kier molecular flexibility index (Phi) is 6.98. The summed E-state index contributed by atoms with van der Waals surface area (Å²) in [6.07, 6.45) is 1.26. The fourth-order valence-electron chi connectivity index (χ4n) is 4.45. The molecule has 0 unspecified atom stereocenters. The van der Waals surface area contributed by atoms with Gasteiger partial charge in [-0.15, -0.1) is 0 Å². The molecule has 0 nitrogen and oxygen atoms in total. The SMILES string of the molecule is CP(C)CCSP(c1ccccc1)(c1ccccc1)(c1ccccc1)c1ccccc1. The Morgan fingerprint density at radius 1 is 0.516 bits per heavy atom. The van der Waals surface area contributed by atoms with Crippen molar-refractivity contribution in [2.75, 3.05) is 25.2 Å². The van der Waals surface area contributed by atoms with Crippen molar-refractivity contribution in [3.05, 3.63) is 121 Å². The van der Waals surface area contributed by atoms with Gasteiger partial charge in [-0.05, 0) is 0 Å². The zero-order valence-electron chi connectivity index (χ0n) is 18.3. The number of benzene rings is 4. The predicted molar refractivity (Wildman–Crippen MR) is 147 cm³/mol. The van der Waals surface area contributed by atoms with E-state index < -0.39 is 5.81 Å². The van der Waals surface area contributed by atoms with Gasteiger partial charge in [0.25, 0.3) is 0 Å². The first kappa shape index (κ1) is 22.3. The molecule has 4 aromatic carbocycles. The van der Waals surface area contributed by atoms with E-state index in [1.54, 1.807) is 0 Å². The molecule has 31 heavy (non-hydrogen) atoms. The van der Waals surface area contributed by atoms with Crippen molar-refractivity contribution in [2.45, 2.75) is 0 Å². The van der Waals surface area contributed by atoms with Gasteiger partial charge >= 0.3 is 193 Å². The van der Waals surface area contributed by atoms with Gasteiger partial charge < -0.3 is 0 Å². The van der Waals surface area contributed by atoms with Crippen LogP contribution in [-0.4, -0.2) is 25.2 Å². The summed E-state index contributed by atoms with van der Waals surface area (Å²) in [6.45, 7) is 4.78. The van der Waals surface area contributed by atoms with Crippen LogP contribution in [0.15, 0.2) is 121 Å². The second-order valence-electron chi connectivity index (χ2n) is 8.01.